The van der Waals surface area contributed by atoms with E-state index in [0.29, 0.717) is 0 Å². The maximum absolute atomic E-state index is 4.43. The molecule has 0 aliphatic rings. The van der Waals surface area contributed by atoms with Gasteiger partial charge in [0.15, 0.2) is 0 Å². The van der Waals surface area contributed by atoms with Crippen LogP contribution >= 0.6 is 0 Å². The van der Waals surface area contributed by atoms with Crippen LogP contribution in [0, 0.1) is 6.92 Å². The minimum Gasteiger partial charge on any atom is -0.341 e. The summed E-state index contributed by atoms with van der Waals surface area (Å²) >= 11 is 0. The fourth-order valence-corrected chi connectivity index (χ4v) is 1.89. The molecule has 3 heteroatoms. The molecule has 0 aliphatic carbocycles. The van der Waals surface area contributed by atoms with Crippen LogP contribution in [0.3, 0.4) is 0 Å². The molecule has 0 N–H and O–H groups in total. The Morgan fingerprint density at radius 2 is 1.44 bits per heavy atom. The van der Waals surface area contributed by atoms with Crippen LogP contribution in [0.2, 0.25) is 0 Å². The minimum atomic E-state index is 0.802. The summed E-state index contributed by atoms with van der Waals surface area (Å²) in [6.07, 6.45) is 3.79. The number of rotatable bonds is 4. The molecule has 0 amide bonds. The monoisotopic (exact) mass is 241 g/mol. The molecular weight excluding hydrogens is 222 g/mol. The molecule has 0 saturated carbocycles. The highest BCUT2D eigenvalue weighted by molar-refractivity contribution is 5.62. The molecule has 1 heterocycles. The molecule has 1 aromatic heterocycles. The number of hydrogen-bond acceptors (Lipinski definition) is 3. The summed E-state index contributed by atoms with van der Waals surface area (Å²) in [5.41, 5.74) is 3.48. The van der Waals surface area contributed by atoms with Crippen molar-refractivity contribution in [3.05, 3.63) is 42.2 Å². The average Bonchev–Trinajstić information content (AvgIpc) is 2.42. The quantitative estimate of drug-likeness (QED) is 0.822. The first-order valence-corrected chi connectivity index (χ1v) is 6.38. The highest BCUT2D eigenvalue weighted by atomic mass is 15.2. The molecule has 0 aliphatic heterocycles. The molecule has 0 bridgehead atoms. The van der Waals surface area contributed by atoms with Gasteiger partial charge in [0.25, 0.3) is 0 Å². The van der Waals surface area contributed by atoms with E-state index in [2.05, 4.69) is 59.9 Å². The van der Waals surface area contributed by atoms with Crippen LogP contribution < -0.4 is 4.90 Å². The van der Waals surface area contributed by atoms with Gasteiger partial charge in [0.05, 0.1) is 0 Å². The lowest BCUT2D eigenvalue weighted by Crippen LogP contribution is -2.23. The molecule has 18 heavy (non-hydrogen) atoms. The minimum absolute atomic E-state index is 0.802. The molecule has 1 aromatic carbocycles. The summed E-state index contributed by atoms with van der Waals surface area (Å²) < 4.78 is 0. The van der Waals surface area contributed by atoms with E-state index in [1.54, 1.807) is 0 Å². The fraction of sp³-hybridized carbons (Fsp3) is 0.333. The summed E-state index contributed by atoms with van der Waals surface area (Å²) in [6.45, 7) is 8.17. The predicted octanol–water partition coefficient (Wildman–Crippen LogP) is 3.30. The Kier molecular flexibility index (Phi) is 3.92. The van der Waals surface area contributed by atoms with Crippen LogP contribution in [0.4, 0.5) is 5.95 Å². The molecule has 0 unspecified atom stereocenters. The molecule has 2 rings (SSSR count). The lowest BCUT2D eigenvalue weighted by atomic mass is 10.1. The Morgan fingerprint density at radius 3 is 1.94 bits per heavy atom. The van der Waals surface area contributed by atoms with E-state index < -0.39 is 0 Å². The molecule has 94 valence electrons. The van der Waals surface area contributed by atoms with E-state index >= 15 is 0 Å². The SMILES string of the molecule is CCN(CC)c1ncc(-c2ccc(C)cc2)cn1. The Morgan fingerprint density at radius 1 is 0.889 bits per heavy atom. The van der Waals surface area contributed by atoms with E-state index in [-0.39, 0.29) is 0 Å². The van der Waals surface area contributed by atoms with Crippen molar-refractivity contribution in [3.8, 4) is 11.1 Å². The third-order valence-electron chi connectivity index (χ3n) is 3.07. The van der Waals surface area contributed by atoms with Crippen LogP contribution in [0.25, 0.3) is 11.1 Å². The average molecular weight is 241 g/mol. The second kappa shape index (κ2) is 5.63. The lowest BCUT2D eigenvalue weighted by molar-refractivity contribution is 0.821. The normalized spacial score (nSPS) is 10.4. The number of aromatic nitrogens is 2. The predicted molar refractivity (Wildman–Crippen MR) is 75.8 cm³/mol. The molecule has 0 saturated heterocycles. The zero-order valence-electron chi connectivity index (χ0n) is 11.2. The van der Waals surface area contributed by atoms with Gasteiger partial charge in [-0.2, -0.15) is 0 Å². The highest BCUT2D eigenvalue weighted by Gasteiger charge is 2.05. The standard InChI is InChI=1S/C15H19N3/c1-4-18(5-2)15-16-10-14(11-17-15)13-8-6-12(3)7-9-13/h6-11H,4-5H2,1-3H3. The zero-order valence-corrected chi connectivity index (χ0v) is 11.2. The van der Waals surface area contributed by atoms with Crippen molar-refractivity contribution in [3.63, 3.8) is 0 Å². The lowest BCUT2D eigenvalue weighted by Gasteiger charge is -2.18. The smallest absolute Gasteiger partial charge is 0.225 e. The zero-order chi connectivity index (χ0) is 13.0. The van der Waals surface area contributed by atoms with Crippen molar-refractivity contribution < 1.29 is 0 Å². The van der Waals surface area contributed by atoms with Crippen LogP contribution in [-0.4, -0.2) is 23.1 Å². The molecule has 2 aromatic rings. The van der Waals surface area contributed by atoms with Crippen LogP contribution in [-0.2, 0) is 0 Å². The summed E-state index contributed by atoms with van der Waals surface area (Å²) in [7, 11) is 0. The number of nitrogens with zero attached hydrogens (tertiary/aromatic N) is 3. The largest absolute Gasteiger partial charge is 0.341 e. The third kappa shape index (κ3) is 2.67. The van der Waals surface area contributed by atoms with Crippen LogP contribution in [0.5, 0.6) is 0 Å². The summed E-state index contributed by atoms with van der Waals surface area (Å²) in [4.78, 5) is 11.0. The van der Waals surface area contributed by atoms with Crippen molar-refractivity contribution >= 4 is 5.95 Å². The molecule has 0 fully saturated rings. The van der Waals surface area contributed by atoms with E-state index in [1.165, 1.54) is 5.56 Å². The van der Waals surface area contributed by atoms with Crippen molar-refractivity contribution in [2.45, 2.75) is 20.8 Å². The van der Waals surface area contributed by atoms with Gasteiger partial charge in [0.2, 0.25) is 5.95 Å². The first-order valence-electron chi connectivity index (χ1n) is 6.38. The van der Waals surface area contributed by atoms with Crippen molar-refractivity contribution in [1.82, 2.24) is 9.97 Å². The van der Waals surface area contributed by atoms with E-state index in [4.69, 9.17) is 0 Å². The van der Waals surface area contributed by atoms with Crippen molar-refractivity contribution in [2.24, 2.45) is 0 Å². The summed E-state index contributed by atoms with van der Waals surface area (Å²) in [6, 6.07) is 8.41. The van der Waals surface area contributed by atoms with E-state index in [1.807, 2.05) is 12.4 Å². The Bertz CT molecular complexity index is 484. The van der Waals surface area contributed by atoms with E-state index in [9.17, 15) is 0 Å². The Balaban J connectivity index is 2.24. The van der Waals surface area contributed by atoms with Gasteiger partial charge in [-0.1, -0.05) is 29.8 Å². The molecule has 0 spiro atoms. The Labute approximate surface area is 109 Å². The fourth-order valence-electron chi connectivity index (χ4n) is 1.89. The van der Waals surface area contributed by atoms with Gasteiger partial charge in [-0.25, -0.2) is 9.97 Å². The van der Waals surface area contributed by atoms with Crippen LogP contribution in [0.1, 0.15) is 19.4 Å². The molecule has 0 radical (unpaired) electrons. The molecule has 3 nitrogen and oxygen atoms in total. The molecule has 0 atom stereocenters. The van der Waals surface area contributed by atoms with Gasteiger partial charge in [0, 0.05) is 31.0 Å². The molecular formula is C15H19N3. The van der Waals surface area contributed by atoms with Gasteiger partial charge >= 0.3 is 0 Å². The number of anilines is 1. The maximum Gasteiger partial charge on any atom is 0.225 e. The van der Waals surface area contributed by atoms with Gasteiger partial charge in [-0.3, -0.25) is 0 Å². The van der Waals surface area contributed by atoms with Gasteiger partial charge < -0.3 is 4.90 Å². The topological polar surface area (TPSA) is 29.0 Å². The van der Waals surface area contributed by atoms with Crippen LogP contribution in [0.15, 0.2) is 36.7 Å². The van der Waals surface area contributed by atoms with Gasteiger partial charge in [-0.15, -0.1) is 0 Å². The first kappa shape index (κ1) is 12.6. The number of aryl methyl sites for hydroxylation is 1. The van der Waals surface area contributed by atoms with Gasteiger partial charge in [0.1, 0.15) is 0 Å². The van der Waals surface area contributed by atoms with Gasteiger partial charge in [-0.05, 0) is 26.3 Å². The summed E-state index contributed by atoms with van der Waals surface area (Å²) in [5, 5.41) is 0. The Hall–Kier alpha value is -1.90. The maximum atomic E-state index is 4.43. The second-order valence-electron chi connectivity index (χ2n) is 4.31. The number of benzene rings is 1. The first-order chi connectivity index (χ1) is 8.74. The van der Waals surface area contributed by atoms with E-state index in [0.717, 1.165) is 30.2 Å². The van der Waals surface area contributed by atoms with Crippen molar-refractivity contribution in [1.29, 1.82) is 0 Å². The second-order valence-corrected chi connectivity index (χ2v) is 4.31. The third-order valence-corrected chi connectivity index (χ3v) is 3.07. The highest BCUT2D eigenvalue weighted by Crippen LogP contribution is 2.19. The van der Waals surface area contributed by atoms with Crippen molar-refractivity contribution in [2.75, 3.05) is 18.0 Å². The summed E-state index contributed by atoms with van der Waals surface area (Å²) in [5.74, 6) is 0.802. The number of hydrogen-bond donors (Lipinski definition) is 0.